The lowest BCUT2D eigenvalue weighted by Crippen LogP contribution is -2.41. The highest BCUT2D eigenvalue weighted by molar-refractivity contribution is 7.99. The number of hydrogen-bond acceptors (Lipinski definition) is 4. The van der Waals surface area contributed by atoms with Gasteiger partial charge in [0.25, 0.3) is 0 Å². The fourth-order valence-corrected chi connectivity index (χ4v) is 2.14. The quantitative estimate of drug-likeness (QED) is 0.525. The predicted molar refractivity (Wildman–Crippen MR) is 64.1 cm³/mol. The number of nitrogens with one attached hydrogen (secondary N) is 1. The summed E-state index contributed by atoms with van der Waals surface area (Å²) in [5.41, 5.74) is 0. The Morgan fingerprint density at radius 2 is 1.88 bits per heavy atom. The molecule has 0 aromatic rings. The number of aliphatic carboxylic acids is 2. The molecule has 0 heterocycles. The largest absolute Gasteiger partial charge is 0.481 e. The molecular formula is C10H17NO5S. The summed E-state index contributed by atoms with van der Waals surface area (Å²) in [4.78, 5) is 31.7. The molecule has 7 heteroatoms. The van der Waals surface area contributed by atoms with E-state index in [9.17, 15) is 14.4 Å². The van der Waals surface area contributed by atoms with Gasteiger partial charge in [-0.25, -0.2) is 4.79 Å². The van der Waals surface area contributed by atoms with Gasteiger partial charge in [0.05, 0.1) is 0 Å². The molecule has 0 aromatic carbocycles. The van der Waals surface area contributed by atoms with E-state index < -0.39 is 18.0 Å². The first kappa shape index (κ1) is 15.8. The Balaban J connectivity index is 3.65. The zero-order chi connectivity index (χ0) is 13.3. The van der Waals surface area contributed by atoms with Crippen LogP contribution < -0.4 is 5.32 Å². The summed E-state index contributed by atoms with van der Waals surface area (Å²) < 4.78 is 0. The molecule has 6 nitrogen and oxygen atoms in total. The van der Waals surface area contributed by atoms with Crippen LogP contribution in [0.5, 0.6) is 0 Å². The molecule has 98 valence electrons. The van der Waals surface area contributed by atoms with Crippen LogP contribution in [-0.2, 0) is 14.4 Å². The SMILES string of the molecule is CC(=O)NC(CSCCCCC(=O)O)C(=O)O. The van der Waals surface area contributed by atoms with Crippen LogP contribution in [0.1, 0.15) is 26.2 Å². The maximum absolute atomic E-state index is 10.7. The normalized spacial score (nSPS) is 11.8. The van der Waals surface area contributed by atoms with Gasteiger partial charge in [0.2, 0.25) is 5.91 Å². The third-order valence-electron chi connectivity index (χ3n) is 1.89. The van der Waals surface area contributed by atoms with Crippen LogP contribution in [0.2, 0.25) is 0 Å². The van der Waals surface area contributed by atoms with Gasteiger partial charge in [-0.05, 0) is 18.6 Å². The number of hydrogen-bond donors (Lipinski definition) is 3. The molecule has 3 N–H and O–H groups in total. The minimum absolute atomic E-state index is 0.134. The summed E-state index contributed by atoms with van der Waals surface area (Å²) in [6.45, 7) is 1.27. The van der Waals surface area contributed by atoms with Gasteiger partial charge in [0, 0.05) is 19.1 Å². The van der Waals surface area contributed by atoms with E-state index in [0.717, 1.165) is 6.42 Å². The van der Waals surface area contributed by atoms with Crippen LogP contribution in [-0.4, -0.2) is 45.6 Å². The fourth-order valence-electron chi connectivity index (χ4n) is 1.10. The number of carboxylic acids is 2. The molecule has 0 aliphatic rings. The van der Waals surface area contributed by atoms with Gasteiger partial charge < -0.3 is 15.5 Å². The van der Waals surface area contributed by atoms with Crippen LogP contribution in [0.15, 0.2) is 0 Å². The molecule has 0 aromatic heterocycles. The van der Waals surface area contributed by atoms with Gasteiger partial charge >= 0.3 is 11.9 Å². The Labute approximate surface area is 104 Å². The number of thioether (sulfide) groups is 1. The highest BCUT2D eigenvalue weighted by Gasteiger charge is 2.17. The van der Waals surface area contributed by atoms with Gasteiger partial charge in [-0.15, -0.1) is 0 Å². The van der Waals surface area contributed by atoms with Gasteiger partial charge in [0.15, 0.2) is 0 Å². The van der Waals surface area contributed by atoms with E-state index in [-0.39, 0.29) is 12.3 Å². The Morgan fingerprint density at radius 1 is 1.24 bits per heavy atom. The zero-order valence-corrected chi connectivity index (χ0v) is 10.5. The minimum atomic E-state index is -1.06. The van der Waals surface area contributed by atoms with Gasteiger partial charge in [-0.1, -0.05) is 0 Å². The maximum Gasteiger partial charge on any atom is 0.327 e. The minimum Gasteiger partial charge on any atom is -0.481 e. The molecule has 1 atom stereocenters. The number of unbranched alkanes of at least 4 members (excludes halogenated alkanes) is 1. The lowest BCUT2D eigenvalue weighted by molar-refractivity contribution is -0.140. The van der Waals surface area contributed by atoms with Crippen molar-refractivity contribution in [2.75, 3.05) is 11.5 Å². The Kier molecular flexibility index (Phi) is 8.21. The first-order valence-corrected chi connectivity index (χ1v) is 6.38. The summed E-state index contributed by atoms with van der Waals surface area (Å²) in [6.07, 6.45) is 1.44. The summed E-state index contributed by atoms with van der Waals surface area (Å²) in [5.74, 6) is -1.27. The smallest absolute Gasteiger partial charge is 0.327 e. The van der Waals surface area contributed by atoms with Crippen LogP contribution >= 0.6 is 11.8 Å². The highest BCUT2D eigenvalue weighted by Crippen LogP contribution is 2.08. The van der Waals surface area contributed by atoms with E-state index in [1.165, 1.54) is 18.7 Å². The van der Waals surface area contributed by atoms with Crippen molar-refractivity contribution in [3.05, 3.63) is 0 Å². The molecule has 0 aliphatic heterocycles. The van der Waals surface area contributed by atoms with Gasteiger partial charge in [-0.2, -0.15) is 11.8 Å². The summed E-state index contributed by atoms with van der Waals surface area (Å²) >= 11 is 1.39. The number of carbonyl (C=O) groups is 3. The van der Waals surface area contributed by atoms with Crippen LogP contribution in [0, 0.1) is 0 Å². The van der Waals surface area contributed by atoms with Crippen molar-refractivity contribution in [2.45, 2.75) is 32.2 Å². The lowest BCUT2D eigenvalue weighted by atomic mass is 10.2. The van der Waals surface area contributed by atoms with Crippen molar-refractivity contribution in [2.24, 2.45) is 0 Å². The highest BCUT2D eigenvalue weighted by atomic mass is 32.2. The Morgan fingerprint density at radius 3 is 2.35 bits per heavy atom. The zero-order valence-electron chi connectivity index (χ0n) is 9.64. The average molecular weight is 263 g/mol. The van der Waals surface area contributed by atoms with Crippen LogP contribution in [0.25, 0.3) is 0 Å². The first-order chi connectivity index (χ1) is 7.93. The number of carboxylic acid groups (broad SMARTS) is 2. The molecule has 17 heavy (non-hydrogen) atoms. The summed E-state index contributed by atoms with van der Waals surface area (Å²) in [6, 6.07) is -0.878. The maximum atomic E-state index is 10.7. The Bertz CT molecular complexity index is 282. The van der Waals surface area contributed by atoms with E-state index in [0.29, 0.717) is 17.9 Å². The molecule has 0 radical (unpaired) electrons. The van der Waals surface area contributed by atoms with Gasteiger partial charge in [0.1, 0.15) is 6.04 Å². The average Bonchev–Trinajstić information content (AvgIpc) is 2.20. The Hall–Kier alpha value is -1.24. The standard InChI is InChI=1S/C10H17NO5S/c1-7(12)11-8(10(15)16)6-17-5-3-2-4-9(13)14/h8H,2-6H2,1H3,(H,11,12)(H,13,14)(H,15,16). The number of carbonyl (C=O) groups excluding carboxylic acids is 1. The molecule has 0 fully saturated rings. The molecule has 1 amide bonds. The van der Waals surface area contributed by atoms with Crippen LogP contribution in [0.4, 0.5) is 0 Å². The summed E-state index contributed by atoms with van der Waals surface area (Å²) in [7, 11) is 0. The third-order valence-corrected chi connectivity index (χ3v) is 3.04. The third kappa shape index (κ3) is 9.68. The molecule has 0 saturated heterocycles. The second-order valence-corrected chi connectivity index (χ2v) is 4.67. The van der Waals surface area contributed by atoms with Crippen molar-refractivity contribution in [3.8, 4) is 0 Å². The van der Waals surface area contributed by atoms with E-state index in [1.54, 1.807) is 0 Å². The molecular weight excluding hydrogens is 246 g/mol. The molecule has 0 bridgehead atoms. The monoisotopic (exact) mass is 263 g/mol. The number of amides is 1. The molecule has 0 spiro atoms. The van der Waals surface area contributed by atoms with E-state index >= 15 is 0 Å². The first-order valence-electron chi connectivity index (χ1n) is 5.23. The topological polar surface area (TPSA) is 104 Å². The van der Waals surface area contributed by atoms with E-state index in [4.69, 9.17) is 10.2 Å². The van der Waals surface area contributed by atoms with E-state index in [1.807, 2.05) is 0 Å². The summed E-state index contributed by atoms with van der Waals surface area (Å²) in [5, 5.41) is 19.5. The molecule has 0 rings (SSSR count). The molecule has 1 unspecified atom stereocenters. The van der Waals surface area contributed by atoms with E-state index in [2.05, 4.69) is 5.32 Å². The van der Waals surface area contributed by atoms with Crippen molar-refractivity contribution in [1.29, 1.82) is 0 Å². The molecule has 0 saturated carbocycles. The second-order valence-electron chi connectivity index (χ2n) is 3.52. The van der Waals surface area contributed by atoms with Crippen molar-refractivity contribution < 1.29 is 24.6 Å². The van der Waals surface area contributed by atoms with Crippen molar-refractivity contribution in [1.82, 2.24) is 5.32 Å². The predicted octanol–water partition coefficient (Wildman–Crippen LogP) is 0.564. The van der Waals surface area contributed by atoms with Gasteiger partial charge in [-0.3, -0.25) is 9.59 Å². The number of rotatable bonds is 9. The van der Waals surface area contributed by atoms with Crippen molar-refractivity contribution >= 4 is 29.6 Å². The second kappa shape index (κ2) is 8.86. The molecule has 0 aliphatic carbocycles. The fraction of sp³-hybridized carbons (Fsp3) is 0.700. The van der Waals surface area contributed by atoms with Crippen LogP contribution in [0.3, 0.4) is 0 Å². The lowest BCUT2D eigenvalue weighted by Gasteiger charge is -2.12. The van der Waals surface area contributed by atoms with Crippen molar-refractivity contribution in [3.63, 3.8) is 0 Å².